The lowest BCUT2D eigenvalue weighted by molar-refractivity contribution is -0.123. The first-order valence-electron chi connectivity index (χ1n) is 9.30. The second-order valence-electron chi connectivity index (χ2n) is 7.84. The number of hydrogen-bond donors (Lipinski definition) is 1. The molecule has 1 atom stereocenters. The first kappa shape index (κ1) is 20.3. The Morgan fingerprint density at radius 1 is 1.00 bits per heavy atom. The molecular formula is C23H23NO5. The van der Waals surface area contributed by atoms with Crippen LogP contribution in [0, 0.1) is 5.41 Å². The number of ether oxygens (including phenoxy) is 1. The molecular weight excluding hydrogens is 370 g/mol. The first-order chi connectivity index (χ1) is 13.6. The molecule has 0 radical (unpaired) electrons. The van der Waals surface area contributed by atoms with Crippen LogP contribution in [0.4, 0.5) is 5.69 Å². The van der Waals surface area contributed by atoms with E-state index < -0.39 is 17.5 Å². The molecule has 3 rings (SSSR count). The third-order valence-corrected chi connectivity index (χ3v) is 4.39. The Bertz CT molecular complexity index is 1020. The lowest BCUT2D eigenvalue weighted by Crippen LogP contribution is -2.27. The van der Waals surface area contributed by atoms with Crippen LogP contribution in [-0.2, 0) is 9.53 Å². The smallest absolute Gasteiger partial charge is 0.374 e. The number of hydrogen-bond acceptors (Lipinski definition) is 5. The van der Waals surface area contributed by atoms with Crippen molar-refractivity contribution in [3.63, 3.8) is 0 Å². The number of ketones is 1. The van der Waals surface area contributed by atoms with E-state index in [1.54, 1.807) is 42.5 Å². The highest BCUT2D eigenvalue weighted by atomic mass is 16.6. The van der Waals surface area contributed by atoms with Crippen LogP contribution in [-0.4, -0.2) is 23.8 Å². The minimum atomic E-state index is -0.981. The molecule has 0 bridgehead atoms. The van der Waals surface area contributed by atoms with Crippen molar-refractivity contribution in [1.29, 1.82) is 0 Å². The summed E-state index contributed by atoms with van der Waals surface area (Å²) in [6.07, 6.45) is -0.981. The zero-order valence-corrected chi connectivity index (χ0v) is 16.8. The number of anilines is 1. The van der Waals surface area contributed by atoms with E-state index in [1.165, 1.54) is 6.92 Å². The summed E-state index contributed by atoms with van der Waals surface area (Å²) in [5, 5.41) is 3.58. The van der Waals surface area contributed by atoms with Crippen molar-refractivity contribution >= 4 is 34.3 Å². The minimum absolute atomic E-state index is 0.0473. The SMILES string of the molecule is C[C@H](OC(=O)c1cc2ccccc2o1)C(=O)c1ccc(NC(=O)C(C)(C)C)cc1. The summed E-state index contributed by atoms with van der Waals surface area (Å²) in [7, 11) is 0. The Kier molecular flexibility index (Phi) is 5.55. The van der Waals surface area contributed by atoms with Crippen molar-refractivity contribution in [2.75, 3.05) is 5.32 Å². The summed E-state index contributed by atoms with van der Waals surface area (Å²) >= 11 is 0. The fourth-order valence-electron chi connectivity index (χ4n) is 2.63. The number of amides is 1. The number of carbonyl (C=O) groups is 3. The first-order valence-corrected chi connectivity index (χ1v) is 9.30. The molecule has 6 nitrogen and oxygen atoms in total. The van der Waals surface area contributed by atoms with Gasteiger partial charge in [0.25, 0.3) is 0 Å². The zero-order chi connectivity index (χ0) is 21.2. The van der Waals surface area contributed by atoms with Crippen molar-refractivity contribution in [2.24, 2.45) is 5.41 Å². The molecule has 1 aromatic heterocycles. The van der Waals surface area contributed by atoms with E-state index in [2.05, 4.69) is 5.32 Å². The van der Waals surface area contributed by atoms with Gasteiger partial charge in [-0.1, -0.05) is 39.0 Å². The Morgan fingerprint density at radius 3 is 2.28 bits per heavy atom. The van der Waals surface area contributed by atoms with Gasteiger partial charge in [-0.15, -0.1) is 0 Å². The molecule has 3 aromatic rings. The quantitative estimate of drug-likeness (QED) is 0.495. The fraction of sp³-hybridized carbons (Fsp3) is 0.261. The van der Waals surface area contributed by atoms with Crippen LogP contribution >= 0.6 is 0 Å². The Balaban J connectivity index is 1.65. The topological polar surface area (TPSA) is 85.6 Å². The van der Waals surface area contributed by atoms with Gasteiger partial charge < -0.3 is 14.5 Å². The number of nitrogens with one attached hydrogen (secondary N) is 1. The molecule has 1 amide bonds. The molecule has 0 aliphatic heterocycles. The minimum Gasteiger partial charge on any atom is -0.449 e. The summed E-state index contributed by atoms with van der Waals surface area (Å²) < 4.78 is 10.7. The Morgan fingerprint density at radius 2 is 1.66 bits per heavy atom. The Hall–Kier alpha value is -3.41. The highest BCUT2D eigenvalue weighted by Gasteiger charge is 2.24. The van der Waals surface area contributed by atoms with Gasteiger partial charge in [0.05, 0.1) is 0 Å². The van der Waals surface area contributed by atoms with Gasteiger partial charge in [-0.25, -0.2) is 4.79 Å². The number of rotatable bonds is 5. The summed E-state index contributed by atoms with van der Waals surface area (Å²) in [5.41, 5.74) is 1.02. The second-order valence-corrected chi connectivity index (χ2v) is 7.84. The van der Waals surface area contributed by atoms with E-state index in [0.717, 1.165) is 5.39 Å². The molecule has 0 unspecified atom stereocenters. The summed E-state index contributed by atoms with van der Waals surface area (Å²) in [4.78, 5) is 36.9. The number of para-hydroxylation sites is 1. The molecule has 1 N–H and O–H groups in total. The summed E-state index contributed by atoms with van der Waals surface area (Å²) in [6.45, 7) is 6.97. The molecule has 0 aliphatic rings. The van der Waals surface area contributed by atoms with E-state index in [1.807, 2.05) is 32.9 Å². The van der Waals surface area contributed by atoms with E-state index in [9.17, 15) is 14.4 Å². The van der Waals surface area contributed by atoms with Crippen molar-refractivity contribution in [2.45, 2.75) is 33.8 Å². The van der Waals surface area contributed by atoms with Gasteiger partial charge in [0.1, 0.15) is 5.58 Å². The van der Waals surface area contributed by atoms with Crippen LogP contribution in [0.1, 0.15) is 48.6 Å². The molecule has 0 aliphatic carbocycles. The standard InChI is InChI=1S/C23H23NO5/c1-14(28-21(26)19-13-16-7-5-6-8-18(16)29-19)20(25)15-9-11-17(12-10-15)24-22(27)23(2,3)4/h5-14H,1-4H3,(H,24,27)/t14-/m0/s1. The maximum Gasteiger partial charge on any atom is 0.374 e. The molecule has 6 heteroatoms. The summed E-state index contributed by atoms with van der Waals surface area (Å²) in [6, 6.07) is 15.3. The maximum absolute atomic E-state index is 12.6. The monoisotopic (exact) mass is 393 g/mol. The third kappa shape index (κ3) is 4.71. The van der Waals surface area contributed by atoms with Gasteiger partial charge in [0.2, 0.25) is 17.5 Å². The van der Waals surface area contributed by atoms with Crippen molar-refractivity contribution in [3.8, 4) is 0 Å². The van der Waals surface area contributed by atoms with Gasteiger partial charge in [-0.05, 0) is 43.3 Å². The average Bonchev–Trinajstić information content (AvgIpc) is 3.11. The van der Waals surface area contributed by atoms with E-state index in [0.29, 0.717) is 16.8 Å². The van der Waals surface area contributed by atoms with Crippen LogP contribution < -0.4 is 5.32 Å². The van der Waals surface area contributed by atoms with Gasteiger partial charge in [-0.2, -0.15) is 0 Å². The number of carbonyl (C=O) groups excluding carboxylic acids is 3. The maximum atomic E-state index is 12.6. The van der Waals surface area contributed by atoms with Crippen LogP contribution in [0.3, 0.4) is 0 Å². The lowest BCUT2D eigenvalue weighted by Gasteiger charge is -2.18. The van der Waals surface area contributed by atoms with E-state index >= 15 is 0 Å². The fourth-order valence-corrected chi connectivity index (χ4v) is 2.63. The number of furan rings is 1. The predicted octanol–water partition coefficient (Wildman–Crippen LogP) is 4.85. The number of Topliss-reactive ketones (excluding diaryl/α,β-unsaturated/α-hetero) is 1. The normalized spacial score (nSPS) is 12.4. The molecule has 150 valence electrons. The zero-order valence-electron chi connectivity index (χ0n) is 16.8. The molecule has 0 saturated carbocycles. The number of fused-ring (bicyclic) bond motifs is 1. The van der Waals surface area contributed by atoms with Crippen molar-refractivity contribution in [3.05, 3.63) is 65.9 Å². The largest absolute Gasteiger partial charge is 0.449 e. The second kappa shape index (κ2) is 7.91. The van der Waals surface area contributed by atoms with Crippen LogP contribution in [0.2, 0.25) is 0 Å². The van der Waals surface area contributed by atoms with E-state index in [4.69, 9.17) is 9.15 Å². The van der Waals surface area contributed by atoms with E-state index in [-0.39, 0.29) is 17.5 Å². The average molecular weight is 393 g/mol. The third-order valence-electron chi connectivity index (χ3n) is 4.39. The number of benzene rings is 2. The molecule has 0 spiro atoms. The Labute approximate surface area is 168 Å². The van der Waals surface area contributed by atoms with Gasteiger partial charge in [-0.3, -0.25) is 9.59 Å². The number of esters is 1. The van der Waals surface area contributed by atoms with Crippen molar-refractivity contribution < 1.29 is 23.5 Å². The molecule has 0 fully saturated rings. The molecule has 29 heavy (non-hydrogen) atoms. The van der Waals surface area contributed by atoms with Gasteiger partial charge in [0.15, 0.2) is 6.10 Å². The predicted molar refractivity (Wildman–Crippen MR) is 110 cm³/mol. The van der Waals surface area contributed by atoms with Crippen LogP contribution in [0.5, 0.6) is 0 Å². The highest BCUT2D eigenvalue weighted by molar-refractivity contribution is 6.02. The van der Waals surface area contributed by atoms with Crippen LogP contribution in [0.15, 0.2) is 59.0 Å². The summed E-state index contributed by atoms with van der Waals surface area (Å²) in [5.74, 6) is -1.12. The van der Waals surface area contributed by atoms with Gasteiger partial charge in [0, 0.05) is 22.1 Å². The van der Waals surface area contributed by atoms with Crippen molar-refractivity contribution in [1.82, 2.24) is 0 Å². The van der Waals surface area contributed by atoms with Gasteiger partial charge >= 0.3 is 5.97 Å². The molecule has 2 aromatic carbocycles. The highest BCUT2D eigenvalue weighted by Crippen LogP contribution is 2.21. The molecule has 0 saturated heterocycles. The van der Waals surface area contributed by atoms with Crippen LogP contribution in [0.25, 0.3) is 11.0 Å². The lowest BCUT2D eigenvalue weighted by atomic mass is 9.95. The molecule has 1 heterocycles.